The lowest BCUT2D eigenvalue weighted by molar-refractivity contribution is 0.531. The fraction of sp³-hybridized carbons (Fsp3) is 0.333. The number of nitrogen functional groups attached to an aromatic ring is 1. The summed E-state index contributed by atoms with van der Waals surface area (Å²) in [6, 6.07) is 2.99. The van der Waals surface area contributed by atoms with Crippen LogP contribution in [0.2, 0.25) is 0 Å². The van der Waals surface area contributed by atoms with Crippen LogP contribution in [0.3, 0.4) is 0 Å². The number of hydrogen-bond donors (Lipinski definition) is 2. The van der Waals surface area contributed by atoms with Gasteiger partial charge in [-0.25, -0.2) is 17.5 Å². The average Bonchev–Trinajstić information content (AvgIpc) is 2.31. The summed E-state index contributed by atoms with van der Waals surface area (Å²) in [6.07, 6.45) is 5.91. The summed E-state index contributed by atoms with van der Waals surface area (Å²) < 4.78 is 39.8. The molecule has 0 aliphatic carbocycles. The number of terminal acetylenes is 1. The molecule has 0 amide bonds. The summed E-state index contributed by atoms with van der Waals surface area (Å²) in [5.41, 5.74) is 5.64. The molecule has 0 radical (unpaired) electrons. The molecular weight excluding hydrogens is 255 g/mol. The summed E-state index contributed by atoms with van der Waals surface area (Å²) in [6.45, 7) is 1.79. The Hall–Kier alpha value is -1.58. The Bertz CT molecular complexity index is 564. The fourth-order valence-corrected chi connectivity index (χ4v) is 2.85. The van der Waals surface area contributed by atoms with E-state index in [9.17, 15) is 12.8 Å². The van der Waals surface area contributed by atoms with Crippen molar-refractivity contribution in [1.29, 1.82) is 0 Å². The predicted molar refractivity (Wildman–Crippen MR) is 68.7 cm³/mol. The van der Waals surface area contributed by atoms with Gasteiger partial charge < -0.3 is 5.73 Å². The number of halogens is 1. The van der Waals surface area contributed by atoms with Gasteiger partial charge in [0.25, 0.3) is 0 Å². The third kappa shape index (κ3) is 3.45. The van der Waals surface area contributed by atoms with Crippen LogP contribution in [0, 0.1) is 18.2 Å². The van der Waals surface area contributed by atoms with Gasteiger partial charge in [-0.05, 0) is 24.6 Å². The molecule has 1 aromatic rings. The van der Waals surface area contributed by atoms with Gasteiger partial charge in [-0.2, -0.15) is 0 Å². The lowest BCUT2D eigenvalue weighted by atomic mass is 10.2. The minimum absolute atomic E-state index is 0.182. The Morgan fingerprint density at radius 1 is 1.56 bits per heavy atom. The van der Waals surface area contributed by atoms with Crippen LogP contribution in [0.15, 0.2) is 23.1 Å². The lowest BCUT2D eigenvalue weighted by Gasteiger charge is -2.15. The molecule has 0 aliphatic heterocycles. The van der Waals surface area contributed by atoms with E-state index >= 15 is 0 Å². The SMILES string of the molecule is C#CCC(CC)NS(=O)(=O)c1cc(N)ccc1F. The van der Waals surface area contributed by atoms with E-state index in [4.69, 9.17) is 12.2 Å². The van der Waals surface area contributed by atoms with Crippen molar-refractivity contribution in [1.82, 2.24) is 4.72 Å². The number of anilines is 1. The number of nitrogens with two attached hydrogens (primary N) is 1. The van der Waals surface area contributed by atoms with Gasteiger partial charge in [0.05, 0.1) is 0 Å². The molecular formula is C12H15FN2O2S. The second-order valence-corrected chi connectivity index (χ2v) is 5.51. The maximum atomic E-state index is 13.5. The first-order valence-corrected chi connectivity index (χ1v) is 6.89. The van der Waals surface area contributed by atoms with Gasteiger partial charge in [0.15, 0.2) is 0 Å². The second kappa shape index (κ2) is 5.85. The van der Waals surface area contributed by atoms with Crippen molar-refractivity contribution in [2.45, 2.75) is 30.7 Å². The number of rotatable bonds is 5. The highest BCUT2D eigenvalue weighted by Gasteiger charge is 2.22. The third-order valence-corrected chi connectivity index (χ3v) is 3.96. The van der Waals surface area contributed by atoms with Gasteiger partial charge in [0.1, 0.15) is 10.7 Å². The Morgan fingerprint density at radius 3 is 2.78 bits per heavy atom. The number of hydrogen-bond acceptors (Lipinski definition) is 3. The molecule has 18 heavy (non-hydrogen) atoms. The molecule has 0 fully saturated rings. The normalized spacial score (nSPS) is 12.9. The van der Waals surface area contributed by atoms with Gasteiger partial charge in [-0.1, -0.05) is 6.92 Å². The summed E-state index contributed by atoms with van der Waals surface area (Å²) in [5, 5.41) is 0. The molecule has 98 valence electrons. The Morgan fingerprint density at radius 2 is 2.22 bits per heavy atom. The second-order valence-electron chi connectivity index (χ2n) is 3.82. The van der Waals surface area contributed by atoms with Crippen molar-refractivity contribution >= 4 is 15.7 Å². The van der Waals surface area contributed by atoms with E-state index in [1.54, 1.807) is 6.92 Å². The quantitative estimate of drug-likeness (QED) is 0.629. The Kier molecular flexibility index (Phi) is 4.70. The molecule has 0 saturated carbocycles. The van der Waals surface area contributed by atoms with Crippen molar-refractivity contribution in [2.75, 3.05) is 5.73 Å². The first-order valence-electron chi connectivity index (χ1n) is 5.41. The summed E-state index contributed by atoms with van der Waals surface area (Å²) in [5.74, 6) is 1.53. The highest BCUT2D eigenvalue weighted by atomic mass is 32.2. The summed E-state index contributed by atoms with van der Waals surface area (Å²) >= 11 is 0. The van der Waals surface area contributed by atoms with E-state index in [0.717, 1.165) is 12.1 Å². The maximum Gasteiger partial charge on any atom is 0.243 e. The van der Waals surface area contributed by atoms with Crippen LogP contribution in [-0.4, -0.2) is 14.5 Å². The lowest BCUT2D eigenvalue weighted by Crippen LogP contribution is -2.34. The Labute approximate surface area is 106 Å². The summed E-state index contributed by atoms with van der Waals surface area (Å²) in [7, 11) is -3.95. The molecule has 6 heteroatoms. The van der Waals surface area contributed by atoms with Crippen molar-refractivity contribution < 1.29 is 12.8 Å². The summed E-state index contributed by atoms with van der Waals surface area (Å²) in [4.78, 5) is -0.460. The molecule has 1 unspecified atom stereocenters. The van der Waals surface area contributed by atoms with E-state index in [1.165, 1.54) is 6.07 Å². The van der Waals surface area contributed by atoms with Gasteiger partial charge >= 0.3 is 0 Å². The van der Waals surface area contributed by atoms with E-state index in [1.807, 2.05) is 0 Å². The van der Waals surface area contributed by atoms with Gasteiger partial charge in [-0.15, -0.1) is 12.3 Å². The van der Waals surface area contributed by atoms with Crippen LogP contribution in [0.5, 0.6) is 0 Å². The van der Waals surface area contributed by atoms with Crippen LogP contribution in [0.25, 0.3) is 0 Å². The highest BCUT2D eigenvalue weighted by molar-refractivity contribution is 7.89. The van der Waals surface area contributed by atoms with Crippen LogP contribution in [0.1, 0.15) is 19.8 Å². The van der Waals surface area contributed by atoms with E-state index < -0.39 is 26.8 Å². The maximum absolute atomic E-state index is 13.5. The first kappa shape index (κ1) is 14.5. The smallest absolute Gasteiger partial charge is 0.243 e. The molecule has 0 bridgehead atoms. The molecule has 1 aromatic carbocycles. The largest absolute Gasteiger partial charge is 0.399 e. The number of benzene rings is 1. The van der Waals surface area contributed by atoms with Crippen molar-refractivity contribution in [3.05, 3.63) is 24.0 Å². The monoisotopic (exact) mass is 270 g/mol. The zero-order valence-electron chi connectivity index (χ0n) is 9.98. The molecule has 0 aromatic heterocycles. The zero-order valence-corrected chi connectivity index (χ0v) is 10.8. The third-order valence-electron chi connectivity index (χ3n) is 2.42. The van der Waals surface area contributed by atoms with Crippen LogP contribution < -0.4 is 10.5 Å². The van der Waals surface area contributed by atoms with Crippen LogP contribution >= 0.6 is 0 Å². The highest BCUT2D eigenvalue weighted by Crippen LogP contribution is 2.18. The fourth-order valence-electron chi connectivity index (χ4n) is 1.42. The van der Waals surface area contributed by atoms with Crippen molar-refractivity contribution in [3.8, 4) is 12.3 Å². The first-order chi connectivity index (χ1) is 8.40. The van der Waals surface area contributed by atoms with E-state index in [2.05, 4.69) is 10.6 Å². The van der Waals surface area contributed by atoms with Crippen LogP contribution in [0.4, 0.5) is 10.1 Å². The predicted octanol–water partition coefficient (Wildman–Crippen LogP) is 1.49. The number of nitrogens with one attached hydrogen (secondary N) is 1. The minimum Gasteiger partial charge on any atom is -0.399 e. The van der Waals surface area contributed by atoms with E-state index in [0.29, 0.717) is 6.42 Å². The Balaban J connectivity index is 3.06. The molecule has 0 spiro atoms. The van der Waals surface area contributed by atoms with Gasteiger partial charge in [0, 0.05) is 18.2 Å². The molecule has 0 saturated heterocycles. The molecule has 0 aliphatic rings. The van der Waals surface area contributed by atoms with Gasteiger partial charge in [-0.3, -0.25) is 0 Å². The molecule has 0 heterocycles. The van der Waals surface area contributed by atoms with Crippen molar-refractivity contribution in [3.63, 3.8) is 0 Å². The number of sulfonamides is 1. The molecule has 1 atom stereocenters. The molecule has 4 nitrogen and oxygen atoms in total. The standard InChI is InChI=1S/C12H15FN2O2S/c1-3-5-10(4-2)15-18(16,17)12-8-9(14)6-7-11(12)13/h1,6-8,10,15H,4-5,14H2,2H3. The van der Waals surface area contributed by atoms with Crippen molar-refractivity contribution in [2.24, 2.45) is 0 Å². The van der Waals surface area contributed by atoms with Gasteiger partial charge in [0.2, 0.25) is 10.0 Å². The molecule has 3 N–H and O–H groups in total. The van der Waals surface area contributed by atoms with E-state index in [-0.39, 0.29) is 12.1 Å². The zero-order chi connectivity index (χ0) is 13.8. The average molecular weight is 270 g/mol. The topological polar surface area (TPSA) is 72.2 Å². The van der Waals surface area contributed by atoms with Crippen LogP contribution in [-0.2, 0) is 10.0 Å². The molecule has 1 rings (SSSR count). The minimum atomic E-state index is -3.95.